The first kappa shape index (κ1) is 26.4. The lowest BCUT2D eigenvalue weighted by Crippen LogP contribution is -2.74. The normalized spacial score (nSPS) is 20.2. The number of rotatable bonds is 4. The predicted molar refractivity (Wildman–Crippen MR) is 148 cm³/mol. The molecule has 3 aromatic rings. The van der Waals surface area contributed by atoms with Crippen LogP contribution in [0.5, 0.6) is 0 Å². The molecule has 1 atom stereocenters. The monoisotopic (exact) mass is 591 g/mol. The van der Waals surface area contributed by atoms with Crippen molar-refractivity contribution in [2.45, 2.75) is 57.2 Å². The third-order valence-electron chi connectivity index (χ3n) is 7.58. The number of carbonyl (C=O) groups excluding carboxylic acids is 1. The summed E-state index contributed by atoms with van der Waals surface area (Å²) in [7, 11) is 1.76. The Morgan fingerprint density at radius 3 is 2.68 bits per heavy atom. The molecule has 1 amide bonds. The van der Waals surface area contributed by atoms with E-state index in [2.05, 4.69) is 51.9 Å². The van der Waals surface area contributed by atoms with Gasteiger partial charge in [-0.3, -0.25) is 9.69 Å². The summed E-state index contributed by atoms with van der Waals surface area (Å²) in [6.07, 6.45) is 4.56. The molecule has 7 nitrogen and oxygen atoms in total. The molecule has 0 aliphatic carbocycles. The Morgan fingerprint density at radius 1 is 1.27 bits per heavy atom. The summed E-state index contributed by atoms with van der Waals surface area (Å²) in [6.45, 7) is 7.81. The van der Waals surface area contributed by atoms with Crippen LogP contribution in [0.15, 0.2) is 35.1 Å². The van der Waals surface area contributed by atoms with E-state index in [4.69, 9.17) is 11.6 Å². The number of nitrogens with zero attached hydrogens (tertiary/aromatic N) is 4. The zero-order valence-electron chi connectivity index (χ0n) is 21.5. The number of benzene rings is 2. The number of hydrogen-bond donors (Lipinski definition) is 2. The van der Waals surface area contributed by atoms with Crippen LogP contribution in [-0.4, -0.2) is 67.2 Å². The minimum absolute atomic E-state index is 0.0184. The predicted octanol–water partition coefficient (Wildman–Crippen LogP) is 5.71. The van der Waals surface area contributed by atoms with Crippen LogP contribution >= 0.6 is 27.5 Å². The fourth-order valence-corrected chi connectivity index (χ4v) is 6.39. The van der Waals surface area contributed by atoms with Gasteiger partial charge in [0.15, 0.2) is 5.82 Å². The number of piperidine rings is 1. The van der Waals surface area contributed by atoms with Gasteiger partial charge in [0, 0.05) is 23.1 Å². The van der Waals surface area contributed by atoms with Crippen LogP contribution in [0.1, 0.15) is 50.4 Å². The van der Waals surface area contributed by atoms with Crippen LogP contribution < -0.4 is 5.32 Å². The van der Waals surface area contributed by atoms with E-state index in [1.807, 2.05) is 0 Å². The van der Waals surface area contributed by atoms with Crippen LogP contribution in [0, 0.1) is 5.82 Å². The summed E-state index contributed by atoms with van der Waals surface area (Å²) in [5.41, 5.74) is 0.251. The Kier molecular flexibility index (Phi) is 6.80. The zero-order valence-corrected chi connectivity index (χ0v) is 23.8. The maximum Gasteiger partial charge on any atom is 0.256 e. The van der Waals surface area contributed by atoms with Gasteiger partial charge in [-0.15, -0.1) is 0 Å². The quantitative estimate of drug-likeness (QED) is 0.406. The number of aliphatic hydroxyl groups is 1. The number of carbonyl (C=O) groups is 1. The molecule has 37 heavy (non-hydrogen) atoms. The highest BCUT2D eigenvalue weighted by atomic mass is 79.9. The highest BCUT2D eigenvalue weighted by molar-refractivity contribution is 9.10. The number of aromatic nitrogens is 2. The summed E-state index contributed by atoms with van der Waals surface area (Å²) in [5, 5.41) is 15.0. The molecule has 2 N–H and O–H groups in total. The summed E-state index contributed by atoms with van der Waals surface area (Å²) < 4.78 is 18.3. The fraction of sp³-hybridized carbons (Fsp3) is 0.481. The number of hydrogen-bond acceptors (Lipinski definition) is 5. The molecule has 2 fully saturated rings. The van der Waals surface area contributed by atoms with Crippen molar-refractivity contribution in [2.75, 3.05) is 25.0 Å². The first-order chi connectivity index (χ1) is 17.4. The fourth-order valence-electron chi connectivity index (χ4n) is 5.67. The summed E-state index contributed by atoms with van der Waals surface area (Å²) in [4.78, 5) is 21.9. The van der Waals surface area contributed by atoms with Crippen molar-refractivity contribution in [1.29, 1.82) is 0 Å². The van der Waals surface area contributed by atoms with Crippen LogP contribution in [-0.2, 0) is 7.05 Å². The molecule has 2 saturated heterocycles. The molecule has 1 aromatic heterocycles. The van der Waals surface area contributed by atoms with Crippen molar-refractivity contribution in [3.63, 3.8) is 0 Å². The molecule has 2 aliphatic rings. The van der Waals surface area contributed by atoms with E-state index < -0.39 is 11.4 Å². The molecule has 198 valence electrons. The standard InChI is InChI=1S/C27H32BrClFN5O2/c1-26(2,3)35-10-6-5-7-21(35)27(37)13-34(14-27)25(36)17-12-20-24(31-15-33(20)4)22(30)23(17)32-19-9-8-16(28)11-18(19)29/h8-9,11-12,15,21,32,37H,5-7,10,13-14H2,1-4H3/t21-/m0/s1. The van der Waals surface area contributed by atoms with E-state index in [1.165, 1.54) is 6.33 Å². The molecule has 0 unspecified atom stereocenters. The second-order valence-electron chi connectivity index (χ2n) is 11.2. The summed E-state index contributed by atoms with van der Waals surface area (Å²) >= 11 is 9.77. The Morgan fingerprint density at radius 2 is 2.00 bits per heavy atom. The lowest BCUT2D eigenvalue weighted by atomic mass is 9.78. The highest BCUT2D eigenvalue weighted by Crippen LogP contribution is 2.40. The number of nitrogens with one attached hydrogen (secondary N) is 1. The van der Waals surface area contributed by atoms with Gasteiger partial charge in [0.2, 0.25) is 0 Å². The van der Waals surface area contributed by atoms with Gasteiger partial charge in [0.05, 0.1) is 46.9 Å². The Balaban J connectivity index is 1.47. The summed E-state index contributed by atoms with van der Waals surface area (Å²) in [6, 6.07) is 6.83. The number of likely N-dealkylation sites (tertiary alicyclic amines) is 2. The number of anilines is 2. The average molecular weight is 593 g/mol. The van der Waals surface area contributed by atoms with Crippen LogP contribution in [0.4, 0.5) is 15.8 Å². The van der Waals surface area contributed by atoms with E-state index in [9.17, 15) is 9.90 Å². The van der Waals surface area contributed by atoms with Gasteiger partial charge >= 0.3 is 0 Å². The van der Waals surface area contributed by atoms with Gasteiger partial charge < -0.3 is 19.9 Å². The number of halogens is 3. The van der Waals surface area contributed by atoms with Crippen LogP contribution in [0.25, 0.3) is 11.0 Å². The average Bonchev–Trinajstić information content (AvgIpc) is 3.20. The number of imidazole rings is 1. The third-order valence-corrected chi connectivity index (χ3v) is 8.39. The molecule has 3 heterocycles. The molecule has 0 spiro atoms. The highest BCUT2D eigenvalue weighted by Gasteiger charge is 2.53. The third kappa shape index (κ3) is 4.75. The van der Waals surface area contributed by atoms with E-state index in [0.717, 1.165) is 30.3 Å². The zero-order chi connectivity index (χ0) is 26.7. The molecule has 2 aromatic carbocycles. The first-order valence-corrected chi connectivity index (χ1v) is 13.7. The smallest absolute Gasteiger partial charge is 0.256 e. The SMILES string of the molecule is Cn1cnc2c(F)c(Nc3ccc(Br)cc3Cl)c(C(=O)N3CC(O)([C@@H]4CCCCN4C(C)(C)C)C3)cc21. The molecule has 2 aliphatic heterocycles. The summed E-state index contributed by atoms with van der Waals surface area (Å²) in [5.74, 6) is -0.970. The van der Waals surface area contributed by atoms with Crippen molar-refractivity contribution in [1.82, 2.24) is 19.4 Å². The minimum atomic E-state index is -0.999. The number of amides is 1. The van der Waals surface area contributed by atoms with Gasteiger partial charge in [-0.05, 0) is 64.4 Å². The Labute approximate surface area is 229 Å². The molecule has 5 rings (SSSR count). The number of β-amino-alcohol motifs (C(OH)–C–C–N with tert-alkyl or cyclic N) is 1. The lowest BCUT2D eigenvalue weighted by molar-refractivity contribution is -0.155. The van der Waals surface area contributed by atoms with Gasteiger partial charge in [-0.25, -0.2) is 9.37 Å². The van der Waals surface area contributed by atoms with Crippen molar-refractivity contribution in [3.05, 3.63) is 51.5 Å². The molecule has 0 radical (unpaired) electrons. The largest absolute Gasteiger partial charge is 0.385 e. The topological polar surface area (TPSA) is 73.6 Å². The number of fused-ring (bicyclic) bond motifs is 1. The Bertz CT molecular complexity index is 1370. The van der Waals surface area contributed by atoms with E-state index in [1.54, 1.807) is 40.8 Å². The van der Waals surface area contributed by atoms with Crippen LogP contribution in [0.2, 0.25) is 5.02 Å². The van der Waals surface area contributed by atoms with Crippen molar-refractivity contribution in [2.24, 2.45) is 7.05 Å². The molecule has 0 bridgehead atoms. The van der Waals surface area contributed by atoms with Crippen molar-refractivity contribution in [3.8, 4) is 0 Å². The molecular formula is C27H32BrClFN5O2. The van der Waals surface area contributed by atoms with E-state index in [-0.39, 0.29) is 47.3 Å². The lowest BCUT2D eigenvalue weighted by Gasteiger charge is -2.57. The maximum atomic E-state index is 15.8. The number of aryl methyl sites for hydroxylation is 1. The van der Waals surface area contributed by atoms with Crippen molar-refractivity contribution >= 4 is 55.8 Å². The maximum absolute atomic E-state index is 15.8. The van der Waals surface area contributed by atoms with E-state index in [0.29, 0.717) is 16.2 Å². The first-order valence-electron chi connectivity index (χ1n) is 12.5. The second-order valence-corrected chi connectivity index (χ2v) is 12.5. The van der Waals surface area contributed by atoms with Gasteiger partial charge in [-0.1, -0.05) is 34.0 Å². The van der Waals surface area contributed by atoms with Crippen LogP contribution in [0.3, 0.4) is 0 Å². The van der Waals surface area contributed by atoms with Gasteiger partial charge in [0.25, 0.3) is 5.91 Å². The Hall–Kier alpha value is -2.20. The van der Waals surface area contributed by atoms with Gasteiger partial charge in [-0.2, -0.15) is 0 Å². The molecular weight excluding hydrogens is 561 g/mol. The second kappa shape index (κ2) is 9.52. The van der Waals surface area contributed by atoms with Gasteiger partial charge in [0.1, 0.15) is 11.1 Å². The van der Waals surface area contributed by atoms with E-state index >= 15 is 4.39 Å². The molecule has 10 heteroatoms. The molecule has 0 saturated carbocycles. The van der Waals surface area contributed by atoms with Crippen molar-refractivity contribution < 1.29 is 14.3 Å². The minimum Gasteiger partial charge on any atom is -0.385 e.